The predicted octanol–water partition coefficient (Wildman–Crippen LogP) is 0.475. The molecule has 2 amide bonds. The molecule has 2 aliphatic rings. The molecule has 2 aromatic heterocycles. The first kappa shape index (κ1) is 26.7. The fourth-order valence-corrected chi connectivity index (χ4v) is 3.40. The second kappa shape index (κ2) is 11.7. The number of ether oxygens (including phenoxy) is 1. The molecule has 15 heteroatoms. The van der Waals surface area contributed by atoms with Crippen LogP contribution >= 0.6 is 11.6 Å². The number of hydrogen-bond donors (Lipinski definition) is 3. The number of likely N-dealkylation sites (N-methyl/N-ethyl adjacent to an activating group) is 1. The van der Waals surface area contributed by atoms with Gasteiger partial charge in [0.1, 0.15) is 11.5 Å². The van der Waals surface area contributed by atoms with E-state index in [1.807, 2.05) is 7.05 Å². The number of amides is 2. The second-order valence-electron chi connectivity index (χ2n) is 7.78. The monoisotopic (exact) mass is 522 g/mol. The highest BCUT2D eigenvalue weighted by Gasteiger charge is 2.44. The van der Waals surface area contributed by atoms with Gasteiger partial charge in [0, 0.05) is 44.8 Å². The average Bonchev–Trinajstić information content (AvgIpc) is 3.11. The minimum absolute atomic E-state index is 0.144. The lowest BCUT2D eigenvalue weighted by Crippen LogP contribution is -2.48. The number of pyridine rings is 1. The summed E-state index contributed by atoms with van der Waals surface area (Å²) in [5.74, 6) is -2.97. The molecule has 1 saturated heterocycles. The summed E-state index contributed by atoms with van der Waals surface area (Å²) in [7, 11) is 2.00. The lowest BCUT2D eigenvalue weighted by molar-refractivity contribution is -0.152. The predicted molar refractivity (Wildman–Crippen MR) is 122 cm³/mol. The standard InChI is InChI=1S/C17H17ClN6O3.C4H6O5/c1-22-6-8-23(9-7-22)17(26)27-16-14-13(19-4-5-20-14)15(25)24(16)12-3-2-11(18)10-21-12;5-2(4(8)9)1-3(6)7/h2-5,10,16H,6-9H2,1H3;2,5H,1H2,(H,6,7)(H,8,9)/t16-;2-/m00/s1. The van der Waals surface area contributed by atoms with E-state index >= 15 is 0 Å². The molecule has 0 radical (unpaired) electrons. The van der Waals surface area contributed by atoms with E-state index in [1.54, 1.807) is 17.0 Å². The number of aliphatic hydroxyl groups is 1. The van der Waals surface area contributed by atoms with Gasteiger partial charge in [-0.2, -0.15) is 0 Å². The van der Waals surface area contributed by atoms with Crippen LogP contribution in [0.15, 0.2) is 30.7 Å². The number of aromatic nitrogens is 3. The van der Waals surface area contributed by atoms with Crippen LogP contribution in [0.5, 0.6) is 0 Å². The van der Waals surface area contributed by atoms with Gasteiger partial charge in [-0.25, -0.2) is 24.5 Å². The second-order valence-corrected chi connectivity index (χ2v) is 8.21. The first-order valence-corrected chi connectivity index (χ1v) is 11.0. The van der Waals surface area contributed by atoms with Crippen LogP contribution in [0, 0.1) is 0 Å². The maximum atomic E-state index is 12.8. The Labute approximate surface area is 209 Å². The molecule has 1 fully saturated rings. The van der Waals surface area contributed by atoms with E-state index in [1.165, 1.54) is 23.5 Å². The average molecular weight is 523 g/mol. The van der Waals surface area contributed by atoms with Gasteiger partial charge < -0.3 is 29.9 Å². The van der Waals surface area contributed by atoms with Crippen molar-refractivity contribution in [2.45, 2.75) is 18.8 Å². The Morgan fingerprint density at radius 2 is 1.78 bits per heavy atom. The molecule has 2 aromatic rings. The molecular weight excluding hydrogens is 500 g/mol. The Kier molecular flexibility index (Phi) is 8.68. The summed E-state index contributed by atoms with van der Waals surface area (Å²) in [6.07, 6.45) is 0.238. The number of hydrogen-bond acceptors (Lipinski definition) is 10. The van der Waals surface area contributed by atoms with Crippen molar-refractivity contribution in [2.75, 3.05) is 38.1 Å². The van der Waals surface area contributed by atoms with Crippen LogP contribution in [0.3, 0.4) is 0 Å². The zero-order valence-electron chi connectivity index (χ0n) is 19.0. The third-order valence-corrected chi connectivity index (χ3v) is 5.43. The topological polar surface area (TPSA) is 187 Å². The van der Waals surface area contributed by atoms with Crippen molar-refractivity contribution in [1.29, 1.82) is 0 Å². The highest BCUT2D eigenvalue weighted by Crippen LogP contribution is 2.35. The molecule has 0 spiro atoms. The summed E-state index contributed by atoms with van der Waals surface area (Å²) in [6, 6.07) is 3.20. The number of carbonyl (C=O) groups excluding carboxylic acids is 2. The van der Waals surface area contributed by atoms with Crippen molar-refractivity contribution >= 4 is 41.4 Å². The van der Waals surface area contributed by atoms with Gasteiger partial charge in [0.2, 0.25) is 6.23 Å². The van der Waals surface area contributed by atoms with Crippen LogP contribution in [-0.4, -0.2) is 103 Å². The van der Waals surface area contributed by atoms with Crippen LogP contribution in [0.4, 0.5) is 10.6 Å². The number of aliphatic hydroxyl groups excluding tert-OH is 1. The number of piperazine rings is 1. The van der Waals surface area contributed by atoms with Gasteiger partial charge in [0.15, 0.2) is 11.8 Å². The Bertz CT molecular complexity index is 1130. The van der Waals surface area contributed by atoms with E-state index in [4.69, 9.17) is 31.7 Å². The molecular formula is C21H23ClN6O8. The minimum Gasteiger partial charge on any atom is -0.481 e. The first-order valence-electron chi connectivity index (χ1n) is 10.6. The van der Waals surface area contributed by atoms with E-state index in [2.05, 4.69) is 19.9 Å². The highest BCUT2D eigenvalue weighted by molar-refractivity contribution is 6.30. The summed E-state index contributed by atoms with van der Waals surface area (Å²) in [6.45, 7) is 2.64. The molecule has 4 heterocycles. The summed E-state index contributed by atoms with van der Waals surface area (Å²) < 4.78 is 5.68. The van der Waals surface area contributed by atoms with E-state index in [0.29, 0.717) is 29.6 Å². The number of anilines is 1. The third-order valence-electron chi connectivity index (χ3n) is 5.20. The Balaban J connectivity index is 0.000000345. The summed E-state index contributed by atoms with van der Waals surface area (Å²) in [4.78, 5) is 62.4. The van der Waals surface area contributed by atoms with Gasteiger partial charge in [-0.1, -0.05) is 11.6 Å². The molecule has 0 aliphatic carbocycles. The van der Waals surface area contributed by atoms with Crippen LogP contribution in [-0.2, 0) is 14.3 Å². The maximum Gasteiger partial charge on any atom is 0.412 e. The van der Waals surface area contributed by atoms with Crippen LogP contribution < -0.4 is 4.90 Å². The van der Waals surface area contributed by atoms with Gasteiger partial charge in [-0.05, 0) is 19.2 Å². The lowest BCUT2D eigenvalue weighted by Gasteiger charge is -2.33. The molecule has 192 valence electrons. The van der Waals surface area contributed by atoms with E-state index < -0.39 is 42.7 Å². The van der Waals surface area contributed by atoms with Gasteiger partial charge in [0.25, 0.3) is 5.91 Å². The molecule has 0 bridgehead atoms. The number of halogens is 1. The molecule has 4 rings (SSSR count). The van der Waals surface area contributed by atoms with Crippen molar-refractivity contribution in [3.63, 3.8) is 0 Å². The minimum atomic E-state index is -1.79. The Morgan fingerprint density at radius 3 is 2.33 bits per heavy atom. The molecule has 14 nitrogen and oxygen atoms in total. The molecule has 36 heavy (non-hydrogen) atoms. The smallest absolute Gasteiger partial charge is 0.412 e. The third kappa shape index (κ3) is 6.41. The van der Waals surface area contributed by atoms with E-state index in [0.717, 1.165) is 13.1 Å². The Hall–Kier alpha value is -3.88. The van der Waals surface area contributed by atoms with Crippen molar-refractivity contribution in [3.8, 4) is 0 Å². The first-order chi connectivity index (χ1) is 17.1. The normalized spacial score (nSPS) is 18.1. The van der Waals surface area contributed by atoms with Crippen molar-refractivity contribution < 1.29 is 39.2 Å². The maximum absolute atomic E-state index is 12.8. The zero-order valence-corrected chi connectivity index (χ0v) is 19.8. The van der Waals surface area contributed by atoms with E-state index in [9.17, 15) is 19.2 Å². The quantitative estimate of drug-likeness (QED) is 0.493. The molecule has 2 aliphatic heterocycles. The lowest BCUT2D eigenvalue weighted by atomic mass is 10.3. The van der Waals surface area contributed by atoms with E-state index in [-0.39, 0.29) is 5.69 Å². The number of fused-ring (bicyclic) bond motifs is 1. The summed E-state index contributed by atoms with van der Waals surface area (Å²) in [5, 5.41) is 24.6. The number of carboxylic acids is 2. The van der Waals surface area contributed by atoms with Gasteiger partial charge in [0.05, 0.1) is 11.4 Å². The molecule has 0 unspecified atom stereocenters. The van der Waals surface area contributed by atoms with Gasteiger partial charge in [-0.3, -0.25) is 14.6 Å². The molecule has 3 N–H and O–H groups in total. The van der Waals surface area contributed by atoms with Crippen LogP contribution in [0.25, 0.3) is 0 Å². The van der Waals surface area contributed by atoms with Crippen molar-refractivity contribution in [1.82, 2.24) is 24.8 Å². The molecule has 0 saturated carbocycles. The van der Waals surface area contributed by atoms with Gasteiger partial charge >= 0.3 is 18.0 Å². The highest BCUT2D eigenvalue weighted by atomic mass is 35.5. The van der Waals surface area contributed by atoms with Crippen molar-refractivity contribution in [2.24, 2.45) is 0 Å². The summed E-state index contributed by atoms with van der Waals surface area (Å²) in [5.41, 5.74) is 0.437. The van der Waals surface area contributed by atoms with Gasteiger partial charge in [-0.15, -0.1) is 0 Å². The fourth-order valence-electron chi connectivity index (χ4n) is 3.29. The summed E-state index contributed by atoms with van der Waals surface area (Å²) >= 11 is 5.89. The number of carbonyl (C=O) groups is 4. The zero-order chi connectivity index (χ0) is 26.4. The van der Waals surface area contributed by atoms with Crippen LogP contribution in [0.2, 0.25) is 5.02 Å². The molecule has 2 atom stereocenters. The SMILES string of the molecule is CN1CCN(C(=O)O[C@H]2c3nccnc3C(=O)N2c2ccc(Cl)cn2)CC1.O=C(O)C[C@H](O)C(=O)O. The fraction of sp³-hybridized carbons (Fsp3) is 0.381. The Morgan fingerprint density at radius 1 is 1.11 bits per heavy atom. The van der Waals surface area contributed by atoms with Crippen LogP contribution in [0.1, 0.15) is 28.8 Å². The number of carboxylic acid groups (broad SMARTS) is 2. The number of rotatable bonds is 5. The number of nitrogens with zero attached hydrogens (tertiary/aromatic N) is 6. The molecule has 0 aromatic carbocycles. The number of aliphatic carboxylic acids is 2. The largest absolute Gasteiger partial charge is 0.481 e. The van der Waals surface area contributed by atoms with Crippen molar-refractivity contribution in [3.05, 3.63) is 47.1 Å².